The summed E-state index contributed by atoms with van der Waals surface area (Å²) in [7, 11) is 1.64. The summed E-state index contributed by atoms with van der Waals surface area (Å²) in [5, 5.41) is 7.07. The maximum atomic E-state index is 5.78. The van der Waals surface area contributed by atoms with Gasteiger partial charge >= 0.3 is 0 Å². The van der Waals surface area contributed by atoms with E-state index in [1.807, 2.05) is 38.1 Å². The Balaban J connectivity index is 1.98. The third kappa shape index (κ3) is 5.52. The van der Waals surface area contributed by atoms with Crippen LogP contribution in [0.1, 0.15) is 13.8 Å². The molecule has 134 valence electrons. The Bertz CT molecular complexity index is 771. The van der Waals surface area contributed by atoms with Gasteiger partial charge in [0.2, 0.25) is 0 Å². The molecule has 0 amide bonds. The molecule has 0 aliphatic carbocycles. The second-order valence-corrected chi connectivity index (χ2v) is 5.68. The van der Waals surface area contributed by atoms with Gasteiger partial charge in [0.1, 0.15) is 5.75 Å². The first-order valence-electron chi connectivity index (χ1n) is 8.06. The van der Waals surface area contributed by atoms with Gasteiger partial charge in [-0.15, -0.1) is 0 Å². The van der Waals surface area contributed by atoms with Crippen molar-refractivity contribution < 1.29 is 4.74 Å². The van der Waals surface area contributed by atoms with E-state index in [1.165, 1.54) is 0 Å². The topological polar surface area (TPSA) is 123 Å². The summed E-state index contributed by atoms with van der Waals surface area (Å²) in [6, 6.07) is 7.84. The molecular formula is C17H25N7O. The Morgan fingerprint density at radius 2 is 2.08 bits per heavy atom. The Morgan fingerprint density at radius 1 is 1.28 bits per heavy atom. The number of pyridine rings is 1. The molecule has 1 aromatic carbocycles. The van der Waals surface area contributed by atoms with Gasteiger partial charge < -0.3 is 21.5 Å². The lowest BCUT2D eigenvalue weighted by molar-refractivity contribution is 0.415. The van der Waals surface area contributed by atoms with Crippen LogP contribution in [0, 0.1) is 0 Å². The smallest absolute Gasteiger partial charge is 0.195 e. The zero-order valence-corrected chi connectivity index (χ0v) is 14.8. The van der Waals surface area contributed by atoms with Gasteiger partial charge in [-0.2, -0.15) is 0 Å². The highest BCUT2D eigenvalue weighted by Gasteiger charge is 2.05. The summed E-state index contributed by atoms with van der Waals surface area (Å²) in [6.45, 7) is 4.92. The zero-order chi connectivity index (χ0) is 18.2. The lowest BCUT2D eigenvalue weighted by Gasteiger charge is -2.11. The Hall–Kier alpha value is -3.03. The lowest BCUT2D eigenvalue weighted by atomic mass is 10.2. The van der Waals surface area contributed by atoms with Gasteiger partial charge in [0.25, 0.3) is 0 Å². The van der Waals surface area contributed by atoms with Crippen molar-refractivity contribution in [2.45, 2.75) is 19.9 Å². The molecule has 0 saturated heterocycles. The maximum Gasteiger partial charge on any atom is 0.195 e. The quantitative estimate of drug-likeness (QED) is 0.356. The van der Waals surface area contributed by atoms with E-state index >= 15 is 0 Å². The van der Waals surface area contributed by atoms with Crippen molar-refractivity contribution in [3.63, 3.8) is 0 Å². The molecule has 6 N–H and O–H groups in total. The number of nitrogens with zero attached hydrogens (tertiary/aromatic N) is 3. The number of methoxy groups -OCH3 is 1. The largest absolute Gasteiger partial charge is 0.497 e. The molecule has 0 spiro atoms. The summed E-state index contributed by atoms with van der Waals surface area (Å²) in [4.78, 5) is 12.8. The van der Waals surface area contributed by atoms with Gasteiger partial charge in [0.15, 0.2) is 11.9 Å². The van der Waals surface area contributed by atoms with Gasteiger partial charge in [0.05, 0.1) is 24.9 Å². The fourth-order valence-electron chi connectivity index (χ4n) is 2.27. The predicted molar refractivity (Wildman–Crippen MR) is 103 cm³/mol. The van der Waals surface area contributed by atoms with Crippen LogP contribution in [0.25, 0.3) is 10.9 Å². The molecule has 1 aromatic heterocycles. The van der Waals surface area contributed by atoms with Crippen molar-refractivity contribution in [1.82, 2.24) is 10.3 Å². The third-order valence-corrected chi connectivity index (χ3v) is 3.28. The number of anilines is 1. The van der Waals surface area contributed by atoms with Crippen molar-refractivity contribution in [3.05, 3.63) is 30.5 Å². The molecule has 1 heterocycles. The van der Waals surface area contributed by atoms with Crippen molar-refractivity contribution in [2.75, 3.05) is 25.5 Å². The van der Waals surface area contributed by atoms with Crippen LogP contribution in [0.3, 0.4) is 0 Å². The Kier molecular flexibility index (Phi) is 6.39. The van der Waals surface area contributed by atoms with Crippen LogP contribution in [-0.2, 0) is 0 Å². The van der Waals surface area contributed by atoms with Crippen LogP contribution in [0.2, 0.25) is 0 Å². The number of benzene rings is 1. The van der Waals surface area contributed by atoms with Crippen molar-refractivity contribution >= 4 is 28.5 Å². The van der Waals surface area contributed by atoms with Crippen molar-refractivity contribution in [1.29, 1.82) is 0 Å². The minimum atomic E-state index is 0.0933. The Labute approximate surface area is 147 Å². The highest BCUT2D eigenvalue weighted by Crippen LogP contribution is 2.27. The number of guanidine groups is 2. The first-order chi connectivity index (χ1) is 12.0. The number of nitrogens with two attached hydrogens (primary N) is 2. The van der Waals surface area contributed by atoms with Gasteiger partial charge in [-0.1, -0.05) is 6.07 Å². The number of hydrogen-bond acceptors (Lipinski definition) is 5. The van der Waals surface area contributed by atoms with E-state index in [0.29, 0.717) is 13.1 Å². The highest BCUT2D eigenvalue weighted by molar-refractivity contribution is 5.97. The van der Waals surface area contributed by atoms with E-state index in [4.69, 9.17) is 16.2 Å². The van der Waals surface area contributed by atoms with Gasteiger partial charge in [-0.3, -0.25) is 20.3 Å². The molecule has 2 aromatic rings. The summed E-state index contributed by atoms with van der Waals surface area (Å²) in [5.41, 5.74) is 13.3. The molecule has 0 saturated carbocycles. The van der Waals surface area contributed by atoms with Crippen molar-refractivity contribution in [3.8, 4) is 5.75 Å². The summed E-state index contributed by atoms with van der Waals surface area (Å²) in [6.07, 6.45) is 1.76. The number of nitrogens with one attached hydrogen (secondary N) is 2. The molecule has 25 heavy (non-hydrogen) atoms. The number of fused-ring (bicyclic) bond motifs is 1. The van der Waals surface area contributed by atoms with E-state index < -0.39 is 0 Å². The molecule has 2 rings (SSSR count). The molecule has 8 heteroatoms. The summed E-state index contributed by atoms with van der Waals surface area (Å²) < 4.78 is 5.33. The second-order valence-electron chi connectivity index (χ2n) is 5.68. The molecule has 0 radical (unpaired) electrons. The standard InChI is InChI=1S/C17H25N7O/c1-11(2)23-17(19)24-16(18)22-8-7-20-14-10-13(25-3)9-12-5-4-6-21-15(12)14/h4-6,9-11,20H,7-8H2,1-3H3,(H5,18,19,22,23,24). The molecular weight excluding hydrogens is 318 g/mol. The lowest BCUT2D eigenvalue weighted by Crippen LogP contribution is -2.42. The molecule has 8 nitrogen and oxygen atoms in total. The third-order valence-electron chi connectivity index (χ3n) is 3.28. The van der Waals surface area contributed by atoms with E-state index in [0.717, 1.165) is 22.3 Å². The molecule has 0 bridgehead atoms. The van der Waals surface area contributed by atoms with Crippen molar-refractivity contribution in [2.24, 2.45) is 21.5 Å². The minimum Gasteiger partial charge on any atom is -0.497 e. The first kappa shape index (κ1) is 18.3. The average molecular weight is 343 g/mol. The fourth-order valence-corrected chi connectivity index (χ4v) is 2.27. The number of aromatic nitrogens is 1. The molecule has 0 aliphatic heterocycles. The zero-order valence-electron chi connectivity index (χ0n) is 14.8. The molecule has 0 unspecified atom stereocenters. The number of aliphatic imine (C=N–C) groups is 2. The van der Waals surface area contributed by atoms with Gasteiger partial charge in [-0.05, 0) is 26.0 Å². The van der Waals surface area contributed by atoms with Crippen LogP contribution < -0.4 is 26.8 Å². The number of ether oxygens (including phenoxy) is 1. The fraction of sp³-hybridized carbons (Fsp3) is 0.353. The maximum absolute atomic E-state index is 5.78. The van der Waals surface area contributed by atoms with E-state index in [1.54, 1.807) is 13.3 Å². The summed E-state index contributed by atoms with van der Waals surface area (Å²) >= 11 is 0. The van der Waals surface area contributed by atoms with Crippen LogP contribution in [0.4, 0.5) is 5.69 Å². The van der Waals surface area contributed by atoms with Crippen LogP contribution in [-0.4, -0.2) is 43.1 Å². The van der Waals surface area contributed by atoms with Crippen LogP contribution >= 0.6 is 0 Å². The Morgan fingerprint density at radius 3 is 2.80 bits per heavy atom. The number of hydrogen-bond donors (Lipinski definition) is 4. The van der Waals surface area contributed by atoms with E-state index in [2.05, 4.69) is 25.6 Å². The second kappa shape index (κ2) is 8.72. The molecule has 0 fully saturated rings. The SMILES string of the molecule is COc1cc(NCCN=C(N)NC(N)=NC(C)C)c2ncccc2c1. The molecule has 0 aliphatic rings. The highest BCUT2D eigenvalue weighted by atomic mass is 16.5. The minimum absolute atomic E-state index is 0.0933. The normalized spacial score (nSPS) is 12.5. The monoisotopic (exact) mass is 343 g/mol. The first-order valence-corrected chi connectivity index (χ1v) is 8.06. The van der Waals surface area contributed by atoms with E-state index in [9.17, 15) is 0 Å². The van der Waals surface area contributed by atoms with Gasteiger partial charge in [0, 0.05) is 30.2 Å². The van der Waals surface area contributed by atoms with E-state index in [-0.39, 0.29) is 18.0 Å². The van der Waals surface area contributed by atoms with Crippen LogP contribution in [0.15, 0.2) is 40.4 Å². The van der Waals surface area contributed by atoms with Crippen LogP contribution in [0.5, 0.6) is 5.75 Å². The predicted octanol–water partition coefficient (Wildman–Crippen LogP) is 1.28. The average Bonchev–Trinajstić information content (AvgIpc) is 2.57. The summed E-state index contributed by atoms with van der Waals surface area (Å²) in [5.74, 6) is 1.26. The number of rotatable bonds is 6. The van der Waals surface area contributed by atoms with Gasteiger partial charge in [-0.25, -0.2) is 0 Å². The molecule has 0 atom stereocenters.